The maximum absolute atomic E-state index is 5.78. The molecule has 0 unspecified atom stereocenters. The first-order valence-corrected chi connectivity index (χ1v) is 4.27. The first-order chi connectivity index (χ1) is 5.66. The molecule has 0 aromatic carbocycles. The largest absolute Gasteiger partial charge is 0.369 e. The summed E-state index contributed by atoms with van der Waals surface area (Å²) in [4.78, 5) is 0. The maximum Gasteiger partial charge on any atom is 0.155 e. The molecule has 12 heavy (non-hydrogen) atoms. The Hall–Kier alpha value is -0.830. The van der Waals surface area contributed by atoms with Crippen LogP contribution in [0.15, 0.2) is 0 Å². The fourth-order valence-corrected chi connectivity index (χ4v) is 1.09. The van der Waals surface area contributed by atoms with E-state index in [-0.39, 0.29) is 0 Å². The second-order valence-corrected chi connectivity index (χ2v) is 2.98. The molecule has 3 nitrogen and oxygen atoms in total. The number of anilines is 1. The standard InChI is InChI=1S/C8H12ClN3/c1-4-10-8-6(3)5(2)7(9)11-12-8/h4H2,1-3H3,(H,10,12). The van der Waals surface area contributed by atoms with Crippen molar-refractivity contribution in [3.63, 3.8) is 0 Å². The fraction of sp³-hybridized carbons (Fsp3) is 0.500. The van der Waals surface area contributed by atoms with Gasteiger partial charge in [-0.2, -0.15) is 0 Å². The molecule has 1 N–H and O–H groups in total. The van der Waals surface area contributed by atoms with Gasteiger partial charge in [0.2, 0.25) is 0 Å². The minimum Gasteiger partial charge on any atom is -0.369 e. The van der Waals surface area contributed by atoms with Crippen molar-refractivity contribution in [2.45, 2.75) is 20.8 Å². The Bertz CT molecular complexity index is 286. The molecule has 0 aliphatic heterocycles. The first-order valence-electron chi connectivity index (χ1n) is 3.90. The first kappa shape index (κ1) is 9.26. The zero-order valence-electron chi connectivity index (χ0n) is 7.48. The molecule has 1 aromatic heterocycles. The quantitative estimate of drug-likeness (QED) is 0.768. The fourth-order valence-electron chi connectivity index (χ4n) is 0.912. The van der Waals surface area contributed by atoms with Crippen LogP contribution in [0.2, 0.25) is 5.15 Å². The summed E-state index contributed by atoms with van der Waals surface area (Å²) < 4.78 is 0. The molecule has 0 saturated carbocycles. The van der Waals surface area contributed by atoms with Crippen molar-refractivity contribution in [1.29, 1.82) is 0 Å². The van der Waals surface area contributed by atoms with E-state index in [9.17, 15) is 0 Å². The maximum atomic E-state index is 5.78. The molecule has 0 radical (unpaired) electrons. The van der Waals surface area contributed by atoms with Crippen LogP contribution in [0.3, 0.4) is 0 Å². The summed E-state index contributed by atoms with van der Waals surface area (Å²) in [7, 11) is 0. The molecule has 0 atom stereocenters. The normalized spacial score (nSPS) is 10.0. The predicted octanol–water partition coefficient (Wildman–Crippen LogP) is 2.18. The van der Waals surface area contributed by atoms with Crippen molar-refractivity contribution < 1.29 is 0 Å². The number of hydrogen-bond acceptors (Lipinski definition) is 3. The van der Waals surface area contributed by atoms with Crippen molar-refractivity contribution in [3.05, 3.63) is 16.3 Å². The summed E-state index contributed by atoms with van der Waals surface area (Å²) in [6.45, 7) is 6.78. The van der Waals surface area contributed by atoms with E-state index < -0.39 is 0 Å². The second kappa shape index (κ2) is 3.72. The molecule has 0 aliphatic carbocycles. The minimum atomic E-state index is 0.481. The topological polar surface area (TPSA) is 37.8 Å². The van der Waals surface area contributed by atoms with E-state index in [1.165, 1.54) is 0 Å². The van der Waals surface area contributed by atoms with Crippen LogP contribution >= 0.6 is 11.6 Å². The lowest BCUT2D eigenvalue weighted by Crippen LogP contribution is -2.04. The zero-order valence-corrected chi connectivity index (χ0v) is 8.24. The van der Waals surface area contributed by atoms with E-state index in [1.807, 2.05) is 20.8 Å². The van der Waals surface area contributed by atoms with Crippen LogP contribution < -0.4 is 5.32 Å². The molecule has 1 rings (SSSR count). The van der Waals surface area contributed by atoms with Gasteiger partial charge in [0.05, 0.1) is 0 Å². The van der Waals surface area contributed by atoms with E-state index in [0.717, 1.165) is 23.5 Å². The molecular formula is C8H12ClN3. The molecule has 0 aliphatic rings. The minimum absolute atomic E-state index is 0.481. The molecule has 1 aromatic rings. The second-order valence-electron chi connectivity index (χ2n) is 2.62. The van der Waals surface area contributed by atoms with Crippen LogP contribution in [-0.2, 0) is 0 Å². The van der Waals surface area contributed by atoms with Crippen molar-refractivity contribution in [2.75, 3.05) is 11.9 Å². The summed E-state index contributed by atoms with van der Waals surface area (Å²) in [5.74, 6) is 0.819. The number of halogens is 1. The third-order valence-electron chi connectivity index (χ3n) is 1.81. The van der Waals surface area contributed by atoms with Gasteiger partial charge >= 0.3 is 0 Å². The van der Waals surface area contributed by atoms with Crippen LogP contribution in [-0.4, -0.2) is 16.7 Å². The summed E-state index contributed by atoms with van der Waals surface area (Å²) in [6, 6.07) is 0. The van der Waals surface area contributed by atoms with Gasteiger partial charge in [0.25, 0.3) is 0 Å². The van der Waals surface area contributed by atoms with Crippen LogP contribution in [0.5, 0.6) is 0 Å². The lowest BCUT2D eigenvalue weighted by atomic mass is 10.2. The van der Waals surface area contributed by atoms with E-state index >= 15 is 0 Å². The summed E-state index contributed by atoms with van der Waals surface area (Å²) in [5, 5.41) is 11.3. The van der Waals surface area contributed by atoms with Crippen molar-refractivity contribution in [1.82, 2.24) is 10.2 Å². The molecule has 0 fully saturated rings. The van der Waals surface area contributed by atoms with Crippen LogP contribution in [0.25, 0.3) is 0 Å². The van der Waals surface area contributed by atoms with Gasteiger partial charge in [0.15, 0.2) is 11.0 Å². The third-order valence-corrected chi connectivity index (χ3v) is 2.17. The highest BCUT2D eigenvalue weighted by molar-refractivity contribution is 6.30. The van der Waals surface area contributed by atoms with E-state index in [0.29, 0.717) is 5.15 Å². The van der Waals surface area contributed by atoms with Gasteiger partial charge < -0.3 is 5.32 Å². The molecule has 1 heterocycles. The lowest BCUT2D eigenvalue weighted by Gasteiger charge is -2.07. The number of rotatable bonds is 2. The molecule has 0 spiro atoms. The number of aromatic nitrogens is 2. The Morgan fingerprint density at radius 3 is 2.50 bits per heavy atom. The van der Waals surface area contributed by atoms with Gasteiger partial charge in [-0.15, -0.1) is 10.2 Å². The molecule has 66 valence electrons. The summed E-state index contributed by atoms with van der Waals surface area (Å²) >= 11 is 5.78. The van der Waals surface area contributed by atoms with E-state index in [1.54, 1.807) is 0 Å². The monoisotopic (exact) mass is 185 g/mol. The highest BCUT2D eigenvalue weighted by Gasteiger charge is 2.05. The smallest absolute Gasteiger partial charge is 0.155 e. The van der Waals surface area contributed by atoms with Gasteiger partial charge in [0, 0.05) is 6.54 Å². The average Bonchev–Trinajstić information content (AvgIpc) is 2.07. The Morgan fingerprint density at radius 2 is 1.92 bits per heavy atom. The Kier molecular flexibility index (Phi) is 2.87. The lowest BCUT2D eigenvalue weighted by molar-refractivity contribution is 0.981. The molecule has 0 saturated heterocycles. The molecule has 4 heteroatoms. The van der Waals surface area contributed by atoms with Gasteiger partial charge in [0.1, 0.15) is 0 Å². The van der Waals surface area contributed by atoms with E-state index in [2.05, 4.69) is 15.5 Å². The van der Waals surface area contributed by atoms with Crippen molar-refractivity contribution in [3.8, 4) is 0 Å². The van der Waals surface area contributed by atoms with Gasteiger partial charge in [-0.3, -0.25) is 0 Å². The average molecular weight is 186 g/mol. The van der Waals surface area contributed by atoms with E-state index in [4.69, 9.17) is 11.6 Å². The molecular weight excluding hydrogens is 174 g/mol. The predicted molar refractivity (Wildman–Crippen MR) is 50.7 cm³/mol. The summed E-state index contributed by atoms with van der Waals surface area (Å²) in [6.07, 6.45) is 0. The molecule has 0 bridgehead atoms. The Balaban J connectivity index is 3.08. The third kappa shape index (κ3) is 1.67. The highest BCUT2D eigenvalue weighted by Crippen LogP contribution is 2.19. The van der Waals surface area contributed by atoms with Crippen LogP contribution in [0, 0.1) is 13.8 Å². The Labute approximate surface area is 77.2 Å². The summed E-state index contributed by atoms with van der Waals surface area (Å²) in [5.41, 5.74) is 2.06. The number of nitrogens with one attached hydrogen (secondary N) is 1. The van der Waals surface area contributed by atoms with Gasteiger partial charge in [-0.1, -0.05) is 11.6 Å². The molecule has 0 amide bonds. The number of nitrogens with zero attached hydrogens (tertiary/aromatic N) is 2. The Morgan fingerprint density at radius 1 is 1.25 bits per heavy atom. The van der Waals surface area contributed by atoms with Crippen LogP contribution in [0.1, 0.15) is 18.1 Å². The van der Waals surface area contributed by atoms with Gasteiger partial charge in [-0.05, 0) is 31.9 Å². The van der Waals surface area contributed by atoms with Crippen molar-refractivity contribution in [2.24, 2.45) is 0 Å². The van der Waals surface area contributed by atoms with Crippen molar-refractivity contribution >= 4 is 17.4 Å². The van der Waals surface area contributed by atoms with Crippen LogP contribution in [0.4, 0.5) is 5.82 Å². The highest BCUT2D eigenvalue weighted by atomic mass is 35.5. The number of hydrogen-bond donors (Lipinski definition) is 1. The zero-order chi connectivity index (χ0) is 9.14. The SMILES string of the molecule is CCNc1nnc(Cl)c(C)c1C. The van der Waals surface area contributed by atoms with Gasteiger partial charge in [-0.25, -0.2) is 0 Å².